The molecule has 0 bridgehead atoms. The summed E-state index contributed by atoms with van der Waals surface area (Å²) in [5.41, 5.74) is 1.15. The first-order chi connectivity index (χ1) is 11.8. The SMILES string of the molecule is COc1ccccc1CNS(=O)(=O)c1ccc(C(=O)NC(C)C)cc1. The highest BCUT2D eigenvalue weighted by Gasteiger charge is 2.16. The Morgan fingerprint density at radius 3 is 2.32 bits per heavy atom. The highest BCUT2D eigenvalue weighted by atomic mass is 32.2. The molecule has 0 fully saturated rings. The zero-order valence-electron chi connectivity index (χ0n) is 14.4. The molecule has 0 aliphatic rings. The summed E-state index contributed by atoms with van der Waals surface area (Å²) in [6.45, 7) is 3.83. The molecule has 0 aromatic heterocycles. The van der Waals surface area contributed by atoms with E-state index in [1.54, 1.807) is 12.1 Å². The Bertz CT molecular complexity index is 830. The number of carbonyl (C=O) groups excluding carboxylic acids is 1. The number of nitrogens with one attached hydrogen (secondary N) is 2. The van der Waals surface area contributed by atoms with Crippen molar-refractivity contribution in [3.63, 3.8) is 0 Å². The van der Waals surface area contributed by atoms with Gasteiger partial charge in [-0.05, 0) is 44.2 Å². The maximum Gasteiger partial charge on any atom is 0.251 e. The quantitative estimate of drug-likeness (QED) is 0.792. The van der Waals surface area contributed by atoms with E-state index < -0.39 is 10.0 Å². The van der Waals surface area contributed by atoms with Gasteiger partial charge in [-0.2, -0.15) is 0 Å². The van der Waals surface area contributed by atoms with E-state index in [4.69, 9.17) is 4.74 Å². The standard InChI is InChI=1S/C18H22N2O4S/c1-13(2)20-18(21)14-8-10-16(11-9-14)25(22,23)19-12-15-6-4-5-7-17(15)24-3/h4-11,13,19H,12H2,1-3H3,(H,20,21). The number of amides is 1. The molecular formula is C18H22N2O4S. The Morgan fingerprint density at radius 1 is 1.08 bits per heavy atom. The van der Waals surface area contributed by atoms with Crippen LogP contribution in [0.2, 0.25) is 0 Å². The molecule has 0 heterocycles. The van der Waals surface area contributed by atoms with E-state index in [9.17, 15) is 13.2 Å². The first-order valence-electron chi connectivity index (χ1n) is 7.86. The van der Waals surface area contributed by atoms with Crippen molar-refractivity contribution in [2.75, 3.05) is 7.11 Å². The van der Waals surface area contributed by atoms with Gasteiger partial charge in [0.2, 0.25) is 10.0 Å². The van der Waals surface area contributed by atoms with Crippen LogP contribution in [-0.2, 0) is 16.6 Å². The van der Waals surface area contributed by atoms with Crippen LogP contribution in [0.15, 0.2) is 53.4 Å². The first-order valence-corrected chi connectivity index (χ1v) is 9.34. The predicted molar refractivity (Wildman–Crippen MR) is 96.1 cm³/mol. The van der Waals surface area contributed by atoms with Crippen LogP contribution in [0, 0.1) is 0 Å². The van der Waals surface area contributed by atoms with Gasteiger partial charge in [-0.25, -0.2) is 13.1 Å². The lowest BCUT2D eigenvalue weighted by molar-refractivity contribution is 0.0943. The topological polar surface area (TPSA) is 84.5 Å². The van der Waals surface area contributed by atoms with Gasteiger partial charge in [0, 0.05) is 23.7 Å². The predicted octanol–water partition coefficient (Wildman–Crippen LogP) is 2.31. The van der Waals surface area contributed by atoms with Crippen molar-refractivity contribution in [1.29, 1.82) is 0 Å². The smallest absolute Gasteiger partial charge is 0.251 e. The van der Waals surface area contributed by atoms with Gasteiger partial charge >= 0.3 is 0 Å². The monoisotopic (exact) mass is 362 g/mol. The highest BCUT2D eigenvalue weighted by molar-refractivity contribution is 7.89. The van der Waals surface area contributed by atoms with Gasteiger partial charge < -0.3 is 10.1 Å². The Labute approximate surface area is 148 Å². The normalized spacial score (nSPS) is 11.4. The average molecular weight is 362 g/mol. The Hall–Kier alpha value is -2.38. The van der Waals surface area contributed by atoms with E-state index in [0.717, 1.165) is 5.56 Å². The molecule has 2 N–H and O–H groups in total. The number of hydrogen-bond acceptors (Lipinski definition) is 4. The minimum Gasteiger partial charge on any atom is -0.496 e. The third-order valence-corrected chi connectivity index (χ3v) is 4.91. The maximum atomic E-state index is 12.4. The molecule has 0 unspecified atom stereocenters. The van der Waals surface area contributed by atoms with Crippen LogP contribution in [0.5, 0.6) is 5.75 Å². The van der Waals surface area contributed by atoms with Gasteiger partial charge in [-0.1, -0.05) is 18.2 Å². The van der Waals surface area contributed by atoms with Crippen molar-refractivity contribution in [3.8, 4) is 5.75 Å². The summed E-state index contributed by atoms with van der Waals surface area (Å²) in [7, 11) is -2.15. The highest BCUT2D eigenvalue weighted by Crippen LogP contribution is 2.18. The van der Waals surface area contributed by atoms with Crippen molar-refractivity contribution in [2.24, 2.45) is 0 Å². The number of ether oxygens (including phenoxy) is 1. The van der Waals surface area contributed by atoms with Crippen LogP contribution in [0.4, 0.5) is 0 Å². The molecule has 25 heavy (non-hydrogen) atoms. The van der Waals surface area contributed by atoms with Crippen LogP contribution in [0.1, 0.15) is 29.8 Å². The molecule has 134 valence electrons. The van der Waals surface area contributed by atoms with Gasteiger partial charge in [0.05, 0.1) is 12.0 Å². The number of hydrogen-bond donors (Lipinski definition) is 2. The lowest BCUT2D eigenvalue weighted by atomic mass is 10.2. The van der Waals surface area contributed by atoms with Gasteiger partial charge in [0.15, 0.2) is 0 Å². The fraction of sp³-hybridized carbons (Fsp3) is 0.278. The zero-order chi connectivity index (χ0) is 18.4. The number of carbonyl (C=O) groups is 1. The van der Waals surface area contributed by atoms with Crippen molar-refractivity contribution < 1.29 is 17.9 Å². The molecule has 0 saturated carbocycles. The fourth-order valence-corrected chi connectivity index (χ4v) is 3.24. The van der Waals surface area contributed by atoms with E-state index in [1.807, 2.05) is 26.0 Å². The van der Waals surface area contributed by atoms with Crippen molar-refractivity contribution in [1.82, 2.24) is 10.0 Å². The lowest BCUT2D eigenvalue weighted by Crippen LogP contribution is -2.30. The number of para-hydroxylation sites is 1. The van der Waals surface area contributed by atoms with Gasteiger partial charge in [0.1, 0.15) is 5.75 Å². The molecule has 0 atom stereocenters. The van der Waals surface area contributed by atoms with Crippen LogP contribution in [0.3, 0.4) is 0 Å². The number of rotatable bonds is 7. The number of methoxy groups -OCH3 is 1. The second-order valence-electron chi connectivity index (χ2n) is 5.79. The second kappa shape index (κ2) is 8.13. The number of sulfonamides is 1. The Morgan fingerprint density at radius 2 is 1.72 bits per heavy atom. The van der Waals surface area contributed by atoms with Crippen LogP contribution in [-0.4, -0.2) is 27.5 Å². The van der Waals surface area contributed by atoms with E-state index in [-0.39, 0.29) is 23.4 Å². The summed E-state index contributed by atoms with van der Waals surface area (Å²) >= 11 is 0. The molecule has 0 aliphatic carbocycles. The minimum absolute atomic E-state index is 0.0124. The first kappa shape index (κ1) is 19.0. The van der Waals surface area contributed by atoms with E-state index >= 15 is 0 Å². The molecule has 0 radical (unpaired) electrons. The molecule has 1 amide bonds. The Balaban J connectivity index is 2.10. The summed E-state index contributed by atoms with van der Waals surface area (Å²) in [5.74, 6) is 0.381. The summed E-state index contributed by atoms with van der Waals surface area (Å²) in [4.78, 5) is 12.0. The van der Waals surface area contributed by atoms with E-state index in [2.05, 4.69) is 10.0 Å². The third-order valence-electron chi connectivity index (χ3n) is 3.49. The van der Waals surface area contributed by atoms with Gasteiger partial charge in [0.25, 0.3) is 5.91 Å². The van der Waals surface area contributed by atoms with Crippen molar-refractivity contribution >= 4 is 15.9 Å². The Kier molecular flexibility index (Phi) is 6.17. The molecule has 6 nitrogen and oxygen atoms in total. The largest absolute Gasteiger partial charge is 0.496 e. The lowest BCUT2D eigenvalue weighted by Gasteiger charge is -2.11. The van der Waals surface area contributed by atoms with Crippen LogP contribution >= 0.6 is 0 Å². The van der Waals surface area contributed by atoms with Crippen molar-refractivity contribution in [3.05, 3.63) is 59.7 Å². The fourth-order valence-electron chi connectivity index (χ4n) is 2.24. The van der Waals surface area contributed by atoms with Crippen LogP contribution in [0.25, 0.3) is 0 Å². The summed E-state index contributed by atoms with van der Waals surface area (Å²) in [6, 6.07) is 13.0. The molecular weight excluding hydrogens is 340 g/mol. The number of benzene rings is 2. The summed E-state index contributed by atoms with van der Waals surface area (Å²) in [5, 5.41) is 2.76. The van der Waals surface area contributed by atoms with Crippen molar-refractivity contribution in [2.45, 2.75) is 31.3 Å². The molecule has 2 rings (SSSR count). The van der Waals surface area contributed by atoms with Gasteiger partial charge in [-0.15, -0.1) is 0 Å². The molecule has 2 aromatic carbocycles. The van der Waals surface area contributed by atoms with E-state index in [0.29, 0.717) is 11.3 Å². The molecule has 0 aliphatic heterocycles. The summed E-state index contributed by atoms with van der Waals surface area (Å²) < 4.78 is 32.6. The third kappa shape index (κ3) is 5.04. The second-order valence-corrected chi connectivity index (χ2v) is 7.56. The maximum absolute atomic E-state index is 12.4. The minimum atomic E-state index is -3.69. The zero-order valence-corrected chi connectivity index (χ0v) is 15.3. The summed E-state index contributed by atoms with van der Waals surface area (Å²) in [6.07, 6.45) is 0. The molecule has 7 heteroatoms. The molecule has 2 aromatic rings. The molecule has 0 spiro atoms. The average Bonchev–Trinajstić information content (AvgIpc) is 2.60. The van der Waals surface area contributed by atoms with E-state index in [1.165, 1.54) is 31.4 Å². The van der Waals surface area contributed by atoms with Crippen LogP contribution < -0.4 is 14.8 Å². The van der Waals surface area contributed by atoms with Gasteiger partial charge in [-0.3, -0.25) is 4.79 Å². The molecule has 0 saturated heterocycles.